The lowest BCUT2D eigenvalue weighted by Gasteiger charge is -2.17. The molecule has 1 aliphatic rings. The highest BCUT2D eigenvalue weighted by atomic mass is 16.5. The summed E-state index contributed by atoms with van der Waals surface area (Å²) < 4.78 is 15.8. The minimum Gasteiger partial charge on any atom is -0.448 e. The number of ether oxygens (including phenoxy) is 1. The summed E-state index contributed by atoms with van der Waals surface area (Å²) in [5.74, 6) is 1.23. The molecule has 0 aromatic carbocycles. The van der Waals surface area contributed by atoms with Crippen LogP contribution >= 0.6 is 0 Å². The Hall–Kier alpha value is -2.15. The molecule has 7 heteroatoms. The number of aromatic nitrogens is 2. The van der Waals surface area contributed by atoms with Crippen molar-refractivity contribution < 1.29 is 18.5 Å². The molecule has 0 radical (unpaired) electrons. The molecule has 0 aliphatic carbocycles. The summed E-state index contributed by atoms with van der Waals surface area (Å²) in [6.45, 7) is 4.66. The Morgan fingerprint density at radius 3 is 2.95 bits per heavy atom. The van der Waals surface area contributed by atoms with E-state index in [0.29, 0.717) is 31.1 Å². The Labute approximate surface area is 121 Å². The van der Waals surface area contributed by atoms with Crippen LogP contribution in [-0.4, -0.2) is 35.3 Å². The summed E-state index contributed by atoms with van der Waals surface area (Å²) in [6.07, 6.45) is 1.95. The van der Waals surface area contributed by atoms with Crippen molar-refractivity contribution in [3.63, 3.8) is 0 Å². The number of aryl methyl sites for hydroxylation is 2. The zero-order valence-electron chi connectivity index (χ0n) is 12.0. The Morgan fingerprint density at radius 2 is 2.29 bits per heavy atom. The maximum absolute atomic E-state index is 12.2. The molecule has 1 amide bonds. The van der Waals surface area contributed by atoms with Gasteiger partial charge in [0.2, 0.25) is 0 Å². The Balaban J connectivity index is 1.64. The van der Waals surface area contributed by atoms with Crippen LogP contribution in [-0.2, 0) is 11.2 Å². The van der Waals surface area contributed by atoms with Crippen LogP contribution in [0.5, 0.6) is 0 Å². The fraction of sp³-hybridized carbons (Fsp3) is 0.500. The van der Waals surface area contributed by atoms with Crippen LogP contribution in [0.15, 0.2) is 21.4 Å². The monoisotopic (exact) mass is 291 g/mol. The molecule has 1 N–H and O–H groups in total. The van der Waals surface area contributed by atoms with Crippen molar-refractivity contribution in [1.82, 2.24) is 15.5 Å². The highest BCUT2D eigenvalue weighted by molar-refractivity contribution is 5.93. The van der Waals surface area contributed by atoms with Crippen molar-refractivity contribution in [1.29, 1.82) is 0 Å². The molecular formula is C14H17N3O4. The van der Waals surface area contributed by atoms with Gasteiger partial charge < -0.3 is 19.0 Å². The van der Waals surface area contributed by atoms with Gasteiger partial charge in [-0.15, -0.1) is 0 Å². The molecule has 0 bridgehead atoms. The van der Waals surface area contributed by atoms with E-state index < -0.39 is 0 Å². The fourth-order valence-corrected chi connectivity index (χ4v) is 2.49. The largest absolute Gasteiger partial charge is 0.448 e. The summed E-state index contributed by atoms with van der Waals surface area (Å²) in [5, 5.41) is 6.82. The molecule has 3 rings (SSSR count). The van der Waals surface area contributed by atoms with E-state index in [0.717, 1.165) is 11.5 Å². The molecule has 1 fully saturated rings. The molecule has 7 nitrogen and oxygen atoms in total. The van der Waals surface area contributed by atoms with E-state index >= 15 is 0 Å². The lowest BCUT2D eigenvalue weighted by Crippen LogP contribution is -2.41. The number of rotatable bonds is 4. The molecule has 21 heavy (non-hydrogen) atoms. The van der Waals surface area contributed by atoms with E-state index in [1.54, 1.807) is 6.92 Å². The Bertz CT molecular complexity index is 634. The first-order chi connectivity index (χ1) is 10.1. The van der Waals surface area contributed by atoms with Gasteiger partial charge in [0.1, 0.15) is 11.5 Å². The number of hydrogen-bond donors (Lipinski definition) is 1. The lowest BCUT2D eigenvalue weighted by atomic mass is 9.98. The first-order valence-corrected chi connectivity index (χ1v) is 6.84. The van der Waals surface area contributed by atoms with Gasteiger partial charge in [0.25, 0.3) is 5.91 Å². The predicted octanol–water partition coefficient (Wildman–Crippen LogP) is 1.27. The topological polar surface area (TPSA) is 90.4 Å². The van der Waals surface area contributed by atoms with Crippen molar-refractivity contribution in [2.45, 2.75) is 26.3 Å². The van der Waals surface area contributed by atoms with Gasteiger partial charge in [0, 0.05) is 18.4 Å². The number of hydrogen-bond acceptors (Lipinski definition) is 6. The molecule has 112 valence electrons. The third kappa shape index (κ3) is 2.97. The summed E-state index contributed by atoms with van der Waals surface area (Å²) in [7, 11) is 0. The van der Waals surface area contributed by atoms with Gasteiger partial charge in [-0.1, -0.05) is 5.16 Å². The van der Waals surface area contributed by atoms with Gasteiger partial charge in [0.15, 0.2) is 12.1 Å². The molecule has 3 heterocycles. The fourth-order valence-electron chi connectivity index (χ4n) is 2.49. The van der Waals surface area contributed by atoms with E-state index in [4.69, 9.17) is 13.7 Å². The van der Waals surface area contributed by atoms with E-state index in [2.05, 4.69) is 15.5 Å². The van der Waals surface area contributed by atoms with Crippen LogP contribution in [0.1, 0.15) is 27.7 Å². The average molecular weight is 291 g/mol. The molecular weight excluding hydrogens is 274 g/mol. The minimum absolute atomic E-state index is 0.0704. The van der Waals surface area contributed by atoms with Crippen LogP contribution in [0, 0.1) is 19.8 Å². The van der Waals surface area contributed by atoms with Crippen molar-refractivity contribution in [3.05, 3.63) is 35.4 Å². The maximum Gasteiger partial charge on any atom is 0.273 e. The van der Waals surface area contributed by atoms with Crippen LogP contribution in [0.25, 0.3) is 0 Å². The van der Waals surface area contributed by atoms with Gasteiger partial charge in [-0.05, 0) is 13.8 Å². The first-order valence-electron chi connectivity index (χ1n) is 6.84. The van der Waals surface area contributed by atoms with Gasteiger partial charge in [0.05, 0.1) is 24.9 Å². The van der Waals surface area contributed by atoms with Gasteiger partial charge >= 0.3 is 0 Å². The normalized spacial score (nSPS) is 21.6. The Kier molecular flexibility index (Phi) is 3.74. The van der Waals surface area contributed by atoms with E-state index in [1.165, 1.54) is 6.39 Å². The third-order valence-electron chi connectivity index (χ3n) is 3.61. The van der Waals surface area contributed by atoms with Gasteiger partial charge in [-0.2, -0.15) is 0 Å². The SMILES string of the molecule is Cc1cc(C[C@@H]2COC[C@@H]2NC(=O)c2ncoc2C)on1. The van der Waals surface area contributed by atoms with Gasteiger partial charge in [-0.25, -0.2) is 4.98 Å². The van der Waals surface area contributed by atoms with Crippen molar-refractivity contribution in [2.75, 3.05) is 13.2 Å². The first kappa shape index (κ1) is 13.8. The summed E-state index contributed by atoms with van der Waals surface area (Å²) in [6, 6.07) is 1.83. The number of nitrogens with zero attached hydrogens (tertiary/aromatic N) is 2. The number of nitrogens with one attached hydrogen (secondary N) is 1. The quantitative estimate of drug-likeness (QED) is 0.912. The average Bonchev–Trinajstić information content (AvgIpc) is 3.14. The maximum atomic E-state index is 12.2. The number of carbonyl (C=O) groups excluding carboxylic acids is 1. The number of amides is 1. The van der Waals surface area contributed by atoms with Gasteiger partial charge in [-0.3, -0.25) is 4.79 Å². The van der Waals surface area contributed by atoms with Crippen LogP contribution in [0.4, 0.5) is 0 Å². The molecule has 2 aromatic heterocycles. The molecule has 2 aromatic rings. The lowest BCUT2D eigenvalue weighted by molar-refractivity contribution is 0.0918. The molecule has 1 aliphatic heterocycles. The minimum atomic E-state index is -0.240. The second-order valence-electron chi connectivity index (χ2n) is 5.27. The molecule has 0 saturated carbocycles. The zero-order chi connectivity index (χ0) is 14.8. The molecule has 0 unspecified atom stereocenters. The number of carbonyl (C=O) groups is 1. The highest BCUT2D eigenvalue weighted by Gasteiger charge is 2.31. The standard InChI is InChI=1S/C14H17N3O4/c1-8-3-11(21-17-8)4-10-5-19-6-12(10)16-14(18)13-9(2)20-7-15-13/h3,7,10,12H,4-6H2,1-2H3,(H,16,18)/t10-,12+/m1/s1. The summed E-state index contributed by atoms with van der Waals surface area (Å²) >= 11 is 0. The van der Waals surface area contributed by atoms with E-state index in [-0.39, 0.29) is 17.9 Å². The van der Waals surface area contributed by atoms with Crippen LogP contribution in [0.2, 0.25) is 0 Å². The smallest absolute Gasteiger partial charge is 0.273 e. The highest BCUT2D eigenvalue weighted by Crippen LogP contribution is 2.20. The van der Waals surface area contributed by atoms with Crippen LogP contribution in [0.3, 0.4) is 0 Å². The summed E-state index contributed by atoms with van der Waals surface area (Å²) in [5.41, 5.74) is 1.17. The number of oxazole rings is 1. The second-order valence-corrected chi connectivity index (χ2v) is 5.27. The zero-order valence-corrected chi connectivity index (χ0v) is 12.0. The Morgan fingerprint density at radius 1 is 1.43 bits per heavy atom. The third-order valence-corrected chi connectivity index (χ3v) is 3.61. The van der Waals surface area contributed by atoms with Crippen LogP contribution < -0.4 is 5.32 Å². The molecule has 0 spiro atoms. The molecule has 2 atom stereocenters. The summed E-state index contributed by atoms with van der Waals surface area (Å²) in [4.78, 5) is 16.1. The molecule has 1 saturated heterocycles. The van der Waals surface area contributed by atoms with Crippen molar-refractivity contribution >= 4 is 5.91 Å². The van der Waals surface area contributed by atoms with E-state index in [9.17, 15) is 4.79 Å². The van der Waals surface area contributed by atoms with Crippen molar-refractivity contribution in [2.24, 2.45) is 5.92 Å². The van der Waals surface area contributed by atoms with Crippen molar-refractivity contribution in [3.8, 4) is 0 Å². The van der Waals surface area contributed by atoms with E-state index in [1.807, 2.05) is 13.0 Å². The second kappa shape index (κ2) is 5.69. The predicted molar refractivity (Wildman–Crippen MR) is 71.7 cm³/mol.